The van der Waals surface area contributed by atoms with Crippen LogP contribution in [0.4, 0.5) is 13.2 Å². The second kappa shape index (κ2) is 6.62. The summed E-state index contributed by atoms with van der Waals surface area (Å²) in [6, 6.07) is 8.99. The summed E-state index contributed by atoms with van der Waals surface area (Å²) >= 11 is 0. The number of fused-ring (bicyclic) bond motifs is 1. The Hall–Kier alpha value is -2.77. The van der Waals surface area contributed by atoms with E-state index in [0.717, 1.165) is 21.9 Å². The van der Waals surface area contributed by atoms with Gasteiger partial charge in [-0.2, -0.15) is 13.2 Å². The molecule has 0 fully saturated rings. The third kappa shape index (κ3) is 4.01. The highest BCUT2D eigenvalue weighted by Crippen LogP contribution is 2.28. The first-order valence-electron chi connectivity index (χ1n) is 7.62. The Kier molecular flexibility index (Phi) is 4.52. The number of rotatable bonds is 4. The number of nitrogens with one attached hydrogen (secondary N) is 1. The summed E-state index contributed by atoms with van der Waals surface area (Å²) in [4.78, 5) is 23.6. The number of alkyl halides is 3. The van der Waals surface area contributed by atoms with Crippen molar-refractivity contribution in [3.63, 3.8) is 0 Å². The Morgan fingerprint density at radius 1 is 1.24 bits per heavy atom. The minimum absolute atomic E-state index is 0.210. The summed E-state index contributed by atoms with van der Waals surface area (Å²) in [7, 11) is 0. The van der Waals surface area contributed by atoms with Crippen LogP contribution in [0.25, 0.3) is 0 Å². The van der Waals surface area contributed by atoms with Crippen LogP contribution < -0.4 is 15.6 Å². The highest BCUT2D eigenvalue weighted by atomic mass is 19.4. The molecule has 1 N–H and O–H groups in total. The van der Waals surface area contributed by atoms with Crippen LogP contribution in [-0.4, -0.2) is 23.1 Å². The first-order valence-corrected chi connectivity index (χ1v) is 7.62. The molecule has 5 nitrogen and oxygen atoms in total. The molecule has 2 aromatic rings. The molecule has 0 saturated carbocycles. The van der Waals surface area contributed by atoms with E-state index < -0.39 is 29.8 Å². The SMILES string of the molecule is O=C(Cn1cc(C(F)(F)F)ccc1=O)NCC1Cc2ccccc2O1. The number of benzene rings is 1. The van der Waals surface area contributed by atoms with Crippen LogP contribution in [0.15, 0.2) is 47.4 Å². The lowest BCUT2D eigenvalue weighted by Gasteiger charge is -2.13. The largest absolute Gasteiger partial charge is 0.488 e. The van der Waals surface area contributed by atoms with Crippen LogP contribution in [0.2, 0.25) is 0 Å². The van der Waals surface area contributed by atoms with E-state index in [1.807, 2.05) is 24.3 Å². The van der Waals surface area contributed by atoms with Crippen LogP contribution in [0.3, 0.4) is 0 Å². The van der Waals surface area contributed by atoms with Crippen molar-refractivity contribution >= 4 is 5.91 Å². The average molecular weight is 352 g/mol. The van der Waals surface area contributed by atoms with Crippen molar-refractivity contribution in [2.75, 3.05) is 6.54 Å². The van der Waals surface area contributed by atoms with Gasteiger partial charge in [0.2, 0.25) is 5.91 Å². The zero-order valence-corrected chi connectivity index (χ0v) is 13.0. The Morgan fingerprint density at radius 2 is 2.00 bits per heavy atom. The van der Waals surface area contributed by atoms with Gasteiger partial charge in [-0.25, -0.2) is 0 Å². The lowest BCUT2D eigenvalue weighted by atomic mass is 10.1. The zero-order valence-electron chi connectivity index (χ0n) is 13.0. The van der Waals surface area contributed by atoms with Crippen molar-refractivity contribution in [2.45, 2.75) is 25.2 Å². The van der Waals surface area contributed by atoms with Crippen molar-refractivity contribution in [3.05, 3.63) is 64.1 Å². The maximum absolute atomic E-state index is 12.7. The van der Waals surface area contributed by atoms with Crippen molar-refractivity contribution in [1.29, 1.82) is 0 Å². The third-order valence-corrected chi connectivity index (χ3v) is 3.87. The number of hydrogen-bond acceptors (Lipinski definition) is 3. The molecular formula is C17H15F3N2O3. The fourth-order valence-corrected chi connectivity index (χ4v) is 2.63. The molecule has 132 valence electrons. The van der Waals surface area contributed by atoms with E-state index >= 15 is 0 Å². The summed E-state index contributed by atoms with van der Waals surface area (Å²) in [6.07, 6.45) is -3.53. The summed E-state index contributed by atoms with van der Waals surface area (Å²) in [6.45, 7) is -0.274. The number of carbonyl (C=O) groups excluding carboxylic acids is 1. The Bertz CT molecular complexity index is 821. The van der Waals surface area contributed by atoms with Gasteiger partial charge in [-0.05, 0) is 17.7 Å². The Labute approximate surface area is 141 Å². The van der Waals surface area contributed by atoms with E-state index in [2.05, 4.69) is 5.32 Å². The zero-order chi connectivity index (χ0) is 18.0. The number of carbonyl (C=O) groups is 1. The molecule has 25 heavy (non-hydrogen) atoms. The van der Waals surface area contributed by atoms with Crippen LogP contribution in [-0.2, 0) is 23.9 Å². The second-order valence-corrected chi connectivity index (χ2v) is 5.74. The molecular weight excluding hydrogens is 337 g/mol. The lowest BCUT2D eigenvalue weighted by molar-refractivity contribution is -0.138. The molecule has 1 aromatic carbocycles. The predicted molar refractivity (Wildman–Crippen MR) is 83.3 cm³/mol. The van der Waals surface area contributed by atoms with Crippen LogP contribution >= 0.6 is 0 Å². The number of pyridine rings is 1. The van der Waals surface area contributed by atoms with Gasteiger partial charge in [0.05, 0.1) is 12.1 Å². The van der Waals surface area contributed by atoms with E-state index in [-0.39, 0.29) is 12.6 Å². The van der Waals surface area contributed by atoms with E-state index in [4.69, 9.17) is 4.74 Å². The third-order valence-electron chi connectivity index (χ3n) is 3.87. The second-order valence-electron chi connectivity index (χ2n) is 5.74. The first-order chi connectivity index (χ1) is 11.8. The highest BCUT2D eigenvalue weighted by molar-refractivity contribution is 5.75. The fourth-order valence-electron chi connectivity index (χ4n) is 2.63. The first kappa shape index (κ1) is 17.1. The van der Waals surface area contributed by atoms with Gasteiger partial charge in [0.1, 0.15) is 18.4 Å². The van der Waals surface area contributed by atoms with E-state index in [1.54, 1.807) is 0 Å². The number of para-hydroxylation sites is 1. The van der Waals surface area contributed by atoms with E-state index in [9.17, 15) is 22.8 Å². The van der Waals surface area contributed by atoms with Gasteiger partial charge in [0.15, 0.2) is 0 Å². The number of nitrogens with zero attached hydrogens (tertiary/aromatic N) is 1. The maximum Gasteiger partial charge on any atom is 0.417 e. The number of aromatic nitrogens is 1. The standard InChI is InChI=1S/C17H15F3N2O3/c18-17(19,20)12-5-6-16(24)22(9-12)10-15(23)21-8-13-7-11-3-1-2-4-14(11)25-13/h1-6,9,13H,7-8,10H2,(H,21,23). The summed E-state index contributed by atoms with van der Waals surface area (Å²) in [5, 5.41) is 2.59. The molecule has 8 heteroatoms. The van der Waals surface area contributed by atoms with Crippen LogP contribution in [0, 0.1) is 0 Å². The van der Waals surface area contributed by atoms with E-state index in [0.29, 0.717) is 18.7 Å². The van der Waals surface area contributed by atoms with Gasteiger partial charge in [-0.1, -0.05) is 18.2 Å². The molecule has 0 spiro atoms. The van der Waals surface area contributed by atoms with Gasteiger partial charge in [-0.3, -0.25) is 9.59 Å². The van der Waals surface area contributed by atoms with Crippen molar-refractivity contribution in [3.8, 4) is 5.75 Å². The lowest BCUT2D eigenvalue weighted by Crippen LogP contribution is -2.38. The average Bonchev–Trinajstić information content (AvgIpc) is 2.97. The smallest absolute Gasteiger partial charge is 0.417 e. The normalized spacial score (nSPS) is 16.2. The molecule has 1 aliphatic rings. The number of ether oxygens (including phenoxy) is 1. The van der Waals surface area contributed by atoms with Crippen LogP contribution in [0.5, 0.6) is 5.75 Å². The van der Waals surface area contributed by atoms with Crippen LogP contribution in [0.1, 0.15) is 11.1 Å². The Balaban J connectivity index is 1.58. The molecule has 0 bridgehead atoms. The number of halogens is 3. The molecule has 0 aliphatic carbocycles. The quantitative estimate of drug-likeness (QED) is 0.916. The Morgan fingerprint density at radius 3 is 2.72 bits per heavy atom. The maximum atomic E-state index is 12.7. The summed E-state index contributed by atoms with van der Waals surface area (Å²) in [5.41, 5.74) is -0.613. The van der Waals surface area contributed by atoms with Gasteiger partial charge in [-0.15, -0.1) is 0 Å². The number of hydrogen-bond donors (Lipinski definition) is 1. The minimum Gasteiger partial charge on any atom is -0.488 e. The number of amides is 1. The molecule has 0 saturated heterocycles. The molecule has 1 amide bonds. The fraction of sp³-hybridized carbons (Fsp3) is 0.294. The van der Waals surface area contributed by atoms with Crippen molar-refractivity contribution in [1.82, 2.24) is 9.88 Å². The minimum atomic E-state index is -4.57. The molecule has 1 aromatic heterocycles. The molecule has 3 rings (SSSR count). The van der Waals surface area contributed by atoms with Gasteiger partial charge >= 0.3 is 6.18 Å². The monoisotopic (exact) mass is 352 g/mol. The summed E-state index contributed by atoms with van der Waals surface area (Å²) < 4.78 is 44.5. The van der Waals surface area contributed by atoms with Crippen molar-refractivity contribution in [2.24, 2.45) is 0 Å². The molecule has 1 aliphatic heterocycles. The topological polar surface area (TPSA) is 60.3 Å². The van der Waals surface area contributed by atoms with E-state index in [1.165, 1.54) is 0 Å². The molecule has 2 heterocycles. The van der Waals surface area contributed by atoms with Gasteiger partial charge in [0.25, 0.3) is 5.56 Å². The van der Waals surface area contributed by atoms with Crippen molar-refractivity contribution < 1.29 is 22.7 Å². The highest BCUT2D eigenvalue weighted by Gasteiger charge is 2.31. The predicted octanol–water partition coefficient (Wildman–Crippen LogP) is 1.99. The molecule has 0 radical (unpaired) electrons. The summed E-state index contributed by atoms with van der Waals surface area (Å²) in [5.74, 6) is 0.205. The van der Waals surface area contributed by atoms with Gasteiger partial charge in [0, 0.05) is 18.7 Å². The molecule has 1 unspecified atom stereocenters. The molecule has 1 atom stereocenters. The van der Waals surface area contributed by atoms with Gasteiger partial charge < -0.3 is 14.6 Å².